The molecule has 0 aromatic carbocycles. The molecule has 0 saturated carbocycles. The Morgan fingerprint density at radius 1 is 1.35 bits per heavy atom. The molecule has 1 saturated heterocycles. The SMILES string of the molecule is CC1CCN(C(c2ccccn2)C(C)N)CC1. The number of aromatic nitrogens is 1. The van der Waals surface area contributed by atoms with Crippen molar-refractivity contribution in [3.63, 3.8) is 0 Å². The highest BCUT2D eigenvalue weighted by Crippen LogP contribution is 2.27. The van der Waals surface area contributed by atoms with Gasteiger partial charge in [-0.3, -0.25) is 9.88 Å². The molecule has 3 heteroatoms. The molecule has 0 bridgehead atoms. The molecule has 94 valence electrons. The van der Waals surface area contributed by atoms with Gasteiger partial charge in [-0.2, -0.15) is 0 Å². The molecule has 1 aliphatic heterocycles. The summed E-state index contributed by atoms with van der Waals surface area (Å²) in [6, 6.07) is 6.48. The highest BCUT2D eigenvalue weighted by atomic mass is 15.2. The molecule has 2 rings (SSSR count). The second-order valence-corrected chi connectivity index (χ2v) is 5.28. The fourth-order valence-electron chi connectivity index (χ4n) is 2.65. The van der Waals surface area contributed by atoms with Gasteiger partial charge >= 0.3 is 0 Å². The van der Waals surface area contributed by atoms with Crippen molar-refractivity contribution in [2.24, 2.45) is 11.7 Å². The fourth-order valence-corrected chi connectivity index (χ4v) is 2.65. The minimum Gasteiger partial charge on any atom is -0.326 e. The van der Waals surface area contributed by atoms with Crippen molar-refractivity contribution in [3.8, 4) is 0 Å². The Hall–Kier alpha value is -0.930. The monoisotopic (exact) mass is 233 g/mol. The van der Waals surface area contributed by atoms with Crippen LogP contribution in [0.4, 0.5) is 0 Å². The predicted octanol–water partition coefficient (Wildman–Crippen LogP) is 2.20. The third-order valence-corrected chi connectivity index (χ3v) is 3.70. The molecular weight excluding hydrogens is 210 g/mol. The molecular formula is C14H23N3. The first-order valence-corrected chi connectivity index (χ1v) is 6.59. The van der Waals surface area contributed by atoms with E-state index in [0.717, 1.165) is 24.7 Å². The van der Waals surface area contributed by atoms with Gasteiger partial charge in [0.1, 0.15) is 0 Å². The molecule has 2 atom stereocenters. The van der Waals surface area contributed by atoms with Gasteiger partial charge in [-0.25, -0.2) is 0 Å². The maximum atomic E-state index is 6.15. The van der Waals surface area contributed by atoms with Gasteiger partial charge in [0.15, 0.2) is 0 Å². The smallest absolute Gasteiger partial charge is 0.0670 e. The summed E-state index contributed by atoms with van der Waals surface area (Å²) in [6.45, 7) is 6.70. The molecule has 0 spiro atoms. The Kier molecular flexibility index (Phi) is 4.13. The Labute approximate surface area is 104 Å². The number of rotatable bonds is 3. The fraction of sp³-hybridized carbons (Fsp3) is 0.643. The summed E-state index contributed by atoms with van der Waals surface area (Å²) in [5.74, 6) is 0.851. The number of nitrogens with two attached hydrogens (primary N) is 1. The lowest BCUT2D eigenvalue weighted by atomic mass is 9.95. The van der Waals surface area contributed by atoms with Crippen LogP contribution in [-0.2, 0) is 0 Å². The van der Waals surface area contributed by atoms with Crippen molar-refractivity contribution in [1.82, 2.24) is 9.88 Å². The normalized spacial score (nSPS) is 22.3. The van der Waals surface area contributed by atoms with Crippen LogP contribution < -0.4 is 5.73 Å². The second-order valence-electron chi connectivity index (χ2n) is 5.28. The molecule has 17 heavy (non-hydrogen) atoms. The molecule has 2 N–H and O–H groups in total. The van der Waals surface area contributed by atoms with Crippen LogP contribution in [0.3, 0.4) is 0 Å². The first-order chi connectivity index (χ1) is 8.18. The standard InChI is InChI=1S/C14H23N3/c1-11-6-9-17(10-7-11)14(12(2)15)13-5-3-4-8-16-13/h3-5,8,11-12,14H,6-7,9-10,15H2,1-2H3. The Morgan fingerprint density at radius 2 is 2.06 bits per heavy atom. The number of pyridine rings is 1. The van der Waals surface area contributed by atoms with E-state index < -0.39 is 0 Å². The van der Waals surface area contributed by atoms with Gasteiger partial charge in [-0.1, -0.05) is 13.0 Å². The van der Waals surface area contributed by atoms with Crippen LogP contribution in [0.15, 0.2) is 24.4 Å². The summed E-state index contributed by atoms with van der Waals surface area (Å²) < 4.78 is 0. The van der Waals surface area contributed by atoms with Crippen LogP contribution in [-0.4, -0.2) is 29.0 Å². The molecule has 2 unspecified atom stereocenters. The van der Waals surface area contributed by atoms with Crippen molar-refractivity contribution in [2.45, 2.75) is 38.8 Å². The minimum absolute atomic E-state index is 0.123. The third kappa shape index (κ3) is 3.05. The zero-order chi connectivity index (χ0) is 12.3. The number of hydrogen-bond donors (Lipinski definition) is 1. The lowest BCUT2D eigenvalue weighted by Crippen LogP contribution is -2.43. The van der Waals surface area contributed by atoms with Crippen molar-refractivity contribution >= 4 is 0 Å². The Morgan fingerprint density at radius 3 is 2.59 bits per heavy atom. The zero-order valence-electron chi connectivity index (χ0n) is 10.8. The van der Waals surface area contributed by atoms with E-state index in [1.807, 2.05) is 18.3 Å². The third-order valence-electron chi connectivity index (χ3n) is 3.70. The van der Waals surface area contributed by atoms with Gasteiger partial charge in [0.05, 0.1) is 11.7 Å². The summed E-state index contributed by atoms with van der Waals surface area (Å²) >= 11 is 0. The molecule has 3 nitrogen and oxygen atoms in total. The van der Waals surface area contributed by atoms with E-state index in [9.17, 15) is 0 Å². The Balaban J connectivity index is 2.13. The van der Waals surface area contributed by atoms with Crippen LogP contribution in [0, 0.1) is 5.92 Å². The van der Waals surface area contributed by atoms with Crippen LogP contribution in [0.2, 0.25) is 0 Å². The molecule has 1 aliphatic rings. The summed E-state index contributed by atoms with van der Waals surface area (Å²) in [7, 11) is 0. The summed E-state index contributed by atoms with van der Waals surface area (Å²) in [4.78, 5) is 6.97. The minimum atomic E-state index is 0.123. The quantitative estimate of drug-likeness (QED) is 0.870. The Bertz CT molecular complexity index is 329. The van der Waals surface area contributed by atoms with Crippen molar-refractivity contribution in [2.75, 3.05) is 13.1 Å². The topological polar surface area (TPSA) is 42.2 Å². The summed E-state index contributed by atoms with van der Waals surface area (Å²) in [5.41, 5.74) is 7.26. The van der Waals surface area contributed by atoms with Crippen LogP contribution in [0.1, 0.15) is 38.4 Å². The van der Waals surface area contributed by atoms with E-state index in [-0.39, 0.29) is 12.1 Å². The van der Waals surface area contributed by atoms with Crippen LogP contribution in [0.5, 0.6) is 0 Å². The molecule has 0 amide bonds. The van der Waals surface area contributed by atoms with Crippen LogP contribution in [0.25, 0.3) is 0 Å². The molecule has 1 aromatic rings. The van der Waals surface area contributed by atoms with Gasteiger partial charge in [0.2, 0.25) is 0 Å². The van der Waals surface area contributed by atoms with Gasteiger partial charge < -0.3 is 5.73 Å². The van der Waals surface area contributed by atoms with Gasteiger partial charge in [-0.05, 0) is 50.9 Å². The van der Waals surface area contributed by atoms with E-state index in [4.69, 9.17) is 5.73 Å². The second kappa shape index (κ2) is 5.61. The zero-order valence-corrected chi connectivity index (χ0v) is 10.8. The van der Waals surface area contributed by atoms with Crippen molar-refractivity contribution < 1.29 is 0 Å². The van der Waals surface area contributed by atoms with E-state index in [1.54, 1.807) is 0 Å². The van der Waals surface area contributed by atoms with Gasteiger partial charge in [-0.15, -0.1) is 0 Å². The number of nitrogens with zero attached hydrogens (tertiary/aromatic N) is 2. The maximum Gasteiger partial charge on any atom is 0.0670 e. The highest BCUT2D eigenvalue weighted by Gasteiger charge is 2.27. The average Bonchev–Trinajstić information content (AvgIpc) is 2.33. The summed E-state index contributed by atoms with van der Waals surface area (Å²) in [6.07, 6.45) is 4.41. The molecule has 1 aromatic heterocycles. The van der Waals surface area contributed by atoms with E-state index >= 15 is 0 Å². The molecule has 0 aliphatic carbocycles. The number of hydrogen-bond acceptors (Lipinski definition) is 3. The first-order valence-electron chi connectivity index (χ1n) is 6.59. The average molecular weight is 233 g/mol. The first kappa shape index (κ1) is 12.5. The van der Waals surface area contributed by atoms with E-state index in [0.29, 0.717) is 0 Å². The van der Waals surface area contributed by atoms with E-state index in [1.165, 1.54) is 12.8 Å². The van der Waals surface area contributed by atoms with E-state index in [2.05, 4.69) is 29.8 Å². The lowest BCUT2D eigenvalue weighted by Gasteiger charge is -2.38. The lowest BCUT2D eigenvalue weighted by molar-refractivity contribution is 0.121. The highest BCUT2D eigenvalue weighted by molar-refractivity contribution is 5.11. The molecule has 1 fully saturated rings. The largest absolute Gasteiger partial charge is 0.326 e. The number of likely N-dealkylation sites (tertiary alicyclic amines) is 1. The van der Waals surface area contributed by atoms with Crippen molar-refractivity contribution in [1.29, 1.82) is 0 Å². The maximum absolute atomic E-state index is 6.15. The van der Waals surface area contributed by atoms with Crippen LogP contribution >= 0.6 is 0 Å². The van der Waals surface area contributed by atoms with Gasteiger partial charge in [0.25, 0.3) is 0 Å². The molecule has 2 heterocycles. The number of piperidine rings is 1. The van der Waals surface area contributed by atoms with Gasteiger partial charge in [0, 0.05) is 12.2 Å². The molecule has 0 radical (unpaired) electrons. The predicted molar refractivity (Wildman–Crippen MR) is 70.6 cm³/mol. The summed E-state index contributed by atoms with van der Waals surface area (Å²) in [5, 5.41) is 0. The van der Waals surface area contributed by atoms with Crippen molar-refractivity contribution in [3.05, 3.63) is 30.1 Å².